The second-order valence-electron chi connectivity index (χ2n) is 7.51. The number of halogens is 1. The van der Waals surface area contributed by atoms with Crippen molar-refractivity contribution in [1.29, 1.82) is 0 Å². The molecule has 1 fully saturated rings. The molecule has 2 aromatic carbocycles. The van der Waals surface area contributed by atoms with Crippen LogP contribution >= 0.6 is 11.6 Å². The molecule has 6 heteroatoms. The first-order valence-electron chi connectivity index (χ1n) is 9.79. The predicted molar refractivity (Wildman–Crippen MR) is 114 cm³/mol. The van der Waals surface area contributed by atoms with Crippen molar-refractivity contribution in [2.45, 2.75) is 32.4 Å². The lowest BCUT2D eigenvalue weighted by atomic mass is 10.1. The van der Waals surface area contributed by atoms with E-state index in [0.717, 1.165) is 29.3 Å². The minimum atomic E-state index is -0.199. The van der Waals surface area contributed by atoms with Gasteiger partial charge in [-0.1, -0.05) is 35.4 Å². The molecule has 29 heavy (non-hydrogen) atoms. The summed E-state index contributed by atoms with van der Waals surface area (Å²) in [4.78, 5) is 30.5. The van der Waals surface area contributed by atoms with E-state index < -0.39 is 0 Å². The quantitative estimate of drug-likeness (QED) is 0.681. The molecule has 0 saturated carbocycles. The molecule has 150 valence electrons. The van der Waals surface area contributed by atoms with E-state index in [9.17, 15) is 9.59 Å². The molecule has 1 saturated heterocycles. The Morgan fingerprint density at radius 2 is 2.07 bits per heavy atom. The Morgan fingerprint density at radius 1 is 1.24 bits per heavy atom. The van der Waals surface area contributed by atoms with Gasteiger partial charge in [0, 0.05) is 24.2 Å². The fourth-order valence-electron chi connectivity index (χ4n) is 3.75. The molecule has 0 bridgehead atoms. The van der Waals surface area contributed by atoms with Crippen molar-refractivity contribution < 1.29 is 9.53 Å². The van der Waals surface area contributed by atoms with Gasteiger partial charge in [0.2, 0.25) is 0 Å². The lowest BCUT2D eigenvalue weighted by molar-refractivity contribution is 0.0506. The molecule has 0 unspecified atom stereocenters. The number of hydrogen-bond donors (Lipinski definition) is 1. The fraction of sp³-hybridized carbons (Fsp3) is 0.304. The molecule has 4 rings (SSSR count). The van der Waals surface area contributed by atoms with E-state index in [-0.39, 0.29) is 24.1 Å². The molecule has 1 aromatic heterocycles. The van der Waals surface area contributed by atoms with Crippen LogP contribution in [0.4, 0.5) is 0 Å². The van der Waals surface area contributed by atoms with Gasteiger partial charge in [0.15, 0.2) is 0 Å². The van der Waals surface area contributed by atoms with Crippen LogP contribution in [0.3, 0.4) is 0 Å². The standard InChI is InChI=1S/C23H23ClN2O3/c1-15-8-9-21-16(11-15)12-17(22(27)25-21)13-26(14-18-5-4-10-29-18)23(28)19-6-2-3-7-20(19)24/h2-3,6-9,11-12,18H,4-5,10,13-14H2,1H3,(H,25,27)/t18-/m0/s1. The number of nitrogens with one attached hydrogen (secondary N) is 1. The first kappa shape index (κ1) is 19.7. The Bertz CT molecular complexity index is 1100. The number of carbonyl (C=O) groups excluding carboxylic acids is 1. The largest absolute Gasteiger partial charge is 0.376 e. The van der Waals surface area contributed by atoms with Gasteiger partial charge >= 0.3 is 0 Å². The molecule has 3 aromatic rings. The third-order valence-electron chi connectivity index (χ3n) is 5.28. The lowest BCUT2D eigenvalue weighted by Crippen LogP contribution is -2.38. The second kappa shape index (κ2) is 8.39. The molecule has 1 atom stereocenters. The van der Waals surface area contributed by atoms with Crippen LogP contribution in [-0.4, -0.2) is 35.0 Å². The third-order valence-corrected chi connectivity index (χ3v) is 5.61. The molecule has 0 aliphatic carbocycles. The van der Waals surface area contributed by atoms with Crippen LogP contribution in [0.15, 0.2) is 53.3 Å². The average Bonchev–Trinajstić information content (AvgIpc) is 3.21. The number of aryl methyl sites for hydroxylation is 1. The molecule has 1 amide bonds. The van der Waals surface area contributed by atoms with Crippen molar-refractivity contribution in [3.63, 3.8) is 0 Å². The van der Waals surface area contributed by atoms with Gasteiger partial charge in [-0.25, -0.2) is 0 Å². The number of amides is 1. The Morgan fingerprint density at radius 3 is 2.83 bits per heavy atom. The topological polar surface area (TPSA) is 62.4 Å². The minimum absolute atomic E-state index is 0.0248. The smallest absolute Gasteiger partial charge is 0.255 e. The molecular weight excluding hydrogens is 388 g/mol. The van der Waals surface area contributed by atoms with Crippen LogP contribution in [-0.2, 0) is 11.3 Å². The van der Waals surface area contributed by atoms with Gasteiger partial charge < -0.3 is 14.6 Å². The summed E-state index contributed by atoms with van der Waals surface area (Å²) in [5.41, 5.74) is 2.68. The van der Waals surface area contributed by atoms with Crippen molar-refractivity contribution in [2.75, 3.05) is 13.2 Å². The molecular formula is C23H23ClN2O3. The summed E-state index contributed by atoms with van der Waals surface area (Å²) >= 11 is 6.26. The van der Waals surface area contributed by atoms with Crippen molar-refractivity contribution >= 4 is 28.4 Å². The number of nitrogens with zero attached hydrogens (tertiary/aromatic N) is 1. The molecule has 1 aliphatic rings. The van der Waals surface area contributed by atoms with Gasteiger partial charge in [0.25, 0.3) is 11.5 Å². The summed E-state index contributed by atoms with van der Waals surface area (Å²) in [6.07, 6.45) is 1.86. The molecule has 1 N–H and O–H groups in total. The number of carbonyl (C=O) groups is 1. The number of pyridine rings is 1. The molecule has 0 radical (unpaired) electrons. The number of ether oxygens (including phenoxy) is 1. The summed E-state index contributed by atoms with van der Waals surface area (Å²) < 4.78 is 5.74. The highest BCUT2D eigenvalue weighted by molar-refractivity contribution is 6.33. The van der Waals surface area contributed by atoms with Crippen molar-refractivity contribution in [3.05, 3.63) is 80.6 Å². The number of aromatic nitrogens is 1. The van der Waals surface area contributed by atoms with Crippen LogP contribution < -0.4 is 5.56 Å². The van der Waals surface area contributed by atoms with Gasteiger partial charge in [0.1, 0.15) is 0 Å². The number of rotatable bonds is 5. The Balaban J connectivity index is 1.68. The fourth-order valence-corrected chi connectivity index (χ4v) is 3.97. The number of hydrogen-bond acceptors (Lipinski definition) is 3. The summed E-state index contributed by atoms with van der Waals surface area (Å²) in [7, 11) is 0. The zero-order chi connectivity index (χ0) is 20.4. The number of aromatic amines is 1. The van der Waals surface area contributed by atoms with Crippen molar-refractivity contribution in [3.8, 4) is 0 Å². The molecule has 2 heterocycles. The van der Waals surface area contributed by atoms with Crippen molar-refractivity contribution in [2.24, 2.45) is 0 Å². The van der Waals surface area contributed by atoms with E-state index in [0.29, 0.717) is 29.3 Å². The van der Waals surface area contributed by atoms with E-state index in [4.69, 9.17) is 16.3 Å². The Hall–Kier alpha value is -2.63. The highest BCUT2D eigenvalue weighted by Gasteiger charge is 2.25. The number of H-pyrrole nitrogens is 1. The monoisotopic (exact) mass is 410 g/mol. The summed E-state index contributed by atoms with van der Waals surface area (Å²) in [5, 5.41) is 1.35. The maximum absolute atomic E-state index is 13.3. The van der Waals surface area contributed by atoms with E-state index in [1.165, 1.54) is 0 Å². The van der Waals surface area contributed by atoms with Crippen LogP contribution in [0, 0.1) is 6.92 Å². The predicted octanol–water partition coefficient (Wildman–Crippen LogP) is 4.31. The van der Waals surface area contributed by atoms with Crippen LogP contribution in [0.25, 0.3) is 10.9 Å². The van der Waals surface area contributed by atoms with E-state index >= 15 is 0 Å². The minimum Gasteiger partial charge on any atom is -0.376 e. The van der Waals surface area contributed by atoms with E-state index in [2.05, 4.69) is 4.98 Å². The summed E-state index contributed by atoms with van der Waals surface area (Å²) in [6, 6.07) is 14.7. The van der Waals surface area contributed by atoms with Crippen molar-refractivity contribution in [1.82, 2.24) is 9.88 Å². The van der Waals surface area contributed by atoms with Gasteiger partial charge in [0.05, 0.1) is 23.2 Å². The normalized spacial score (nSPS) is 16.3. The maximum Gasteiger partial charge on any atom is 0.255 e. The second-order valence-corrected chi connectivity index (χ2v) is 7.92. The van der Waals surface area contributed by atoms with Gasteiger partial charge in [-0.3, -0.25) is 9.59 Å². The first-order chi connectivity index (χ1) is 14.0. The SMILES string of the molecule is Cc1ccc2[nH]c(=O)c(CN(C[C@@H]3CCCO3)C(=O)c3ccccc3Cl)cc2c1. The van der Waals surface area contributed by atoms with Crippen LogP contribution in [0.1, 0.15) is 34.3 Å². The maximum atomic E-state index is 13.3. The third kappa shape index (κ3) is 4.36. The highest BCUT2D eigenvalue weighted by Crippen LogP contribution is 2.21. The van der Waals surface area contributed by atoms with E-state index in [1.807, 2.05) is 31.2 Å². The summed E-state index contributed by atoms with van der Waals surface area (Å²) in [5.74, 6) is -0.199. The first-order valence-corrected chi connectivity index (χ1v) is 10.2. The van der Waals surface area contributed by atoms with E-state index in [1.54, 1.807) is 29.2 Å². The number of benzene rings is 2. The van der Waals surface area contributed by atoms with Gasteiger partial charge in [-0.15, -0.1) is 0 Å². The van der Waals surface area contributed by atoms with Gasteiger partial charge in [-0.05, 0) is 55.5 Å². The number of fused-ring (bicyclic) bond motifs is 1. The zero-order valence-electron chi connectivity index (χ0n) is 16.3. The Kier molecular flexibility index (Phi) is 5.69. The molecule has 0 spiro atoms. The zero-order valence-corrected chi connectivity index (χ0v) is 17.0. The van der Waals surface area contributed by atoms with Gasteiger partial charge in [-0.2, -0.15) is 0 Å². The lowest BCUT2D eigenvalue weighted by Gasteiger charge is -2.26. The van der Waals surface area contributed by atoms with Crippen LogP contribution in [0.5, 0.6) is 0 Å². The Labute approximate surface area is 174 Å². The highest BCUT2D eigenvalue weighted by atomic mass is 35.5. The van der Waals surface area contributed by atoms with Crippen LogP contribution in [0.2, 0.25) is 5.02 Å². The molecule has 1 aliphatic heterocycles. The molecule has 5 nitrogen and oxygen atoms in total. The summed E-state index contributed by atoms with van der Waals surface area (Å²) in [6.45, 7) is 3.34. The average molecular weight is 411 g/mol.